The predicted molar refractivity (Wildman–Crippen MR) is 80.6 cm³/mol. The third kappa shape index (κ3) is 3.95. The Morgan fingerprint density at radius 2 is 2.22 bits per heavy atom. The molecule has 0 unspecified atom stereocenters. The van der Waals surface area contributed by atoms with Gasteiger partial charge in [0.05, 0.1) is 13.2 Å². The van der Waals surface area contributed by atoms with Crippen LogP contribution in [0, 0.1) is 21.4 Å². The van der Waals surface area contributed by atoms with Crippen LogP contribution in [0.4, 0.5) is 11.6 Å². The quantitative estimate of drug-likeness (QED) is 0.392. The SMILES string of the molecule is COc1cccc(NC(=O)C(C#N)=Cc2ccc([N+](=O)[O-])o2)c1. The largest absolute Gasteiger partial charge is 0.497 e. The fourth-order valence-electron chi connectivity index (χ4n) is 1.71. The molecule has 8 heteroatoms. The predicted octanol–water partition coefficient (Wildman–Crippen LogP) is 2.74. The third-order valence-corrected chi connectivity index (χ3v) is 2.77. The Morgan fingerprint density at radius 1 is 1.43 bits per heavy atom. The van der Waals surface area contributed by atoms with Gasteiger partial charge >= 0.3 is 5.88 Å². The number of methoxy groups -OCH3 is 1. The number of hydrogen-bond donors (Lipinski definition) is 1. The summed E-state index contributed by atoms with van der Waals surface area (Å²) in [5, 5.41) is 22.1. The molecule has 0 atom stereocenters. The van der Waals surface area contributed by atoms with Gasteiger partial charge in [-0.3, -0.25) is 14.9 Å². The van der Waals surface area contributed by atoms with Crippen LogP contribution < -0.4 is 10.1 Å². The number of ether oxygens (including phenoxy) is 1. The molecule has 8 nitrogen and oxygen atoms in total. The highest BCUT2D eigenvalue weighted by atomic mass is 16.6. The van der Waals surface area contributed by atoms with E-state index in [-0.39, 0.29) is 11.3 Å². The average molecular weight is 313 g/mol. The zero-order valence-electron chi connectivity index (χ0n) is 12.0. The summed E-state index contributed by atoms with van der Waals surface area (Å²) in [7, 11) is 1.49. The van der Waals surface area contributed by atoms with Crippen molar-refractivity contribution in [2.45, 2.75) is 0 Å². The zero-order chi connectivity index (χ0) is 16.8. The summed E-state index contributed by atoms with van der Waals surface area (Å²) in [6.07, 6.45) is 1.13. The van der Waals surface area contributed by atoms with Crippen molar-refractivity contribution in [2.24, 2.45) is 0 Å². The molecule has 0 aliphatic carbocycles. The molecule has 116 valence electrons. The second-order valence-electron chi connectivity index (χ2n) is 4.29. The lowest BCUT2D eigenvalue weighted by Crippen LogP contribution is -2.13. The van der Waals surface area contributed by atoms with Crippen molar-refractivity contribution < 1.29 is 18.9 Å². The normalized spacial score (nSPS) is 10.7. The summed E-state index contributed by atoms with van der Waals surface area (Å²) in [4.78, 5) is 21.9. The smallest absolute Gasteiger partial charge is 0.433 e. The Hall–Kier alpha value is -3.60. The van der Waals surface area contributed by atoms with Crippen molar-refractivity contribution in [2.75, 3.05) is 12.4 Å². The first-order valence-corrected chi connectivity index (χ1v) is 6.35. The number of benzene rings is 1. The van der Waals surface area contributed by atoms with E-state index < -0.39 is 16.7 Å². The topological polar surface area (TPSA) is 118 Å². The molecule has 0 radical (unpaired) electrons. The van der Waals surface area contributed by atoms with Gasteiger partial charge in [-0.05, 0) is 18.2 Å². The van der Waals surface area contributed by atoms with E-state index in [9.17, 15) is 14.9 Å². The Kier molecular flexibility index (Phi) is 4.74. The lowest BCUT2D eigenvalue weighted by molar-refractivity contribution is -0.402. The van der Waals surface area contributed by atoms with Gasteiger partial charge < -0.3 is 14.5 Å². The minimum atomic E-state index is -0.709. The minimum absolute atomic E-state index is 0.0362. The molecule has 0 spiro atoms. The van der Waals surface area contributed by atoms with Gasteiger partial charge in [-0.2, -0.15) is 5.26 Å². The lowest BCUT2D eigenvalue weighted by atomic mass is 10.2. The number of nitrogens with one attached hydrogen (secondary N) is 1. The van der Waals surface area contributed by atoms with E-state index in [0.717, 1.165) is 12.1 Å². The second-order valence-corrected chi connectivity index (χ2v) is 4.29. The van der Waals surface area contributed by atoms with Crippen molar-refractivity contribution in [3.8, 4) is 11.8 Å². The van der Waals surface area contributed by atoms with E-state index in [0.29, 0.717) is 11.4 Å². The van der Waals surface area contributed by atoms with Crippen molar-refractivity contribution in [3.05, 3.63) is 57.8 Å². The van der Waals surface area contributed by atoms with E-state index >= 15 is 0 Å². The standard InChI is InChI=1S/C15H11N3O5/c1-22-12-4-2-3-11(8-12)17-15(19)10(9-16)7-13-5-6-14(23-13)18(20)21/h2-8H,1H3,(H,17,19). The van der Waals surface area contributed by atoms with Crippen molar-refractivity contribution in [1.82, 2.24) is 0 Å². The molecule has 23 heavy (non-hydrogen) atoms. The van der Waals surface area contributed by atoms with Gasteiger partial charge in [-0.1, -0.05) is 6.07 Å². The Morgan fingerprint density at radius 3 is 2.83 bits per heavy atom. The van der Waals surface area contributed by atoms with E-state index in [1.54, 1.807) is 30.3 Å². The summed E-state index contributed by atoms with van der Waals surface area (Å²) >= 11 is 0. The van der Waals surface area contributed by atoms with Gasteiger partial charge in [0.25, 0.3) is 5.91 Å². The molecule has 1 heterocycles. The van der Waals surface area contributed by atoms with Gasteiger partial charge in [0.1, 0.15) is 28.1 Å². The van der Waals surface area contributed by atoms with Crippen LogP contribution in [0.3, 0.4) is 0 Å². The van der Waals surface area contributed by atoms with Gasteiger partial charge in [0.2, 0.25) is 0 Å². The summed E-state index contributed by atoms with van der Waals surface area (Å²) in [5.74, 6) is -0.553. The molecule has 2 rings (SSSR count). The number of carbonyl (C=O) groups excluding carboxylic acids is 1. The number of amides is 1. The number of nitrogens with zero attached hydrogens (tertiary/aromatic N) is 2. The summed E-state index contributed by atoms with van der Waals surface area (Å²) in [5.41, 5.74) is 0.193. The molecule has 0 saturated heterocycles. The highest BCUT2D eigenvalue weighted by molar-refractivity contribution is 6.09. The lowest BCUT2D eigenvalue weighted by Gasteiger charge is -2.05. The maximum atomic E-state index is 12.1. The highest BCUT2D eigenvalue weighted by Gasteiger charge is 2.14. The van der Waals surface area contributed by atoms with Crippen LogP contribution in [0.2, 0.25) is 0 Å². The summed E-state index contributed by atoms with van der Waals surface area (Å²) in [6.45, 7) is 0. The van der Waals surface area contributed by atoms with Crippen LogP contribution >= 0.6 is 0 Å². The number of hydrogen-bond acceptors (Lipinski definition) is 6. The molecule has 1 aromatic heterocycles. The number of furan rings is 1. The average Bonchev–Trinajstić information content (AvgIpc) is 3.01. The van der Waals surface area contributed by atoms with Crippen LogP contribution in [0.25, 0.3) is 6.08 Å². The Balaban J connectivity index is 2.19. The Bertz CT molecular complexity index is 817. The molecule has 0 fully saturated rings. The molecule has 0 saturated carbocycles. The molecule has 1 amide bonds. The van der Waals surface area contributed by atoms with E-state index in [4.69, 9.17) is 14.4 Å². The molecular formula is C15H11N3O5. The monoisotopic (exact) mass is 313 g/mol. The maximum Gasteiger partial charge on any atom is 0.433 e. The number of nitriles is 1. The first-order valence-electron chi connectivity index (χ1n) is 6.35. The number of anilines is 1. The van der Waals surface area contributed by atoms with Gasteiger partial charge in [0.15, 0.2) is 0 Å². The molecule has 0 aliphatic heterocycles. The third-order valence-electron chi connectivity index (χ3n) is 2.77. The summed E-state index contributed by atoms with van der Waals surface area (Å²) in [6, 6.07) is 10.8. The molecule has 0 bridgehead atoms. The molecule has 2 aromatic rings. The first kappa shape index (κ1) is 15.8. The van der Waals surface area contributed by atoms with E-state index in [1.807, 2.05) is 0 Å². The second kappa shape index (κ2) is 6.91. The van der Waals surface area contributed by atoms with Crippen LogP contribution in [0.5, 0.6) is 5.75 Å². The number of nitro groups is 1. The number of rotatable bonds is 5. The molecule has 0 aliphatic rings. The Labute approximate surface area is 130 Å². The van der Waals surface area contributed by atoms with E-state index in [2.05, 4.69) is 5.32 Å². The van der Waals surface area contributed by atoms with Crippen LogP contribution in [-0.2, 0) is 4.79 Å². The van der Waals surface area contributed by atoms with Crippen LogP contribution in [0.15, 0.2) is 46.4 Å². The molecular weight excluding hydrogens is 302 g/mol. The van der Waals surface area contributed by atoms with Gasteiger partial charge in [-0.25, -0.2) is 0 Å². The van der Waals surface area contributed by atoms with Crippen molar-refractivity contribution >= 4 is 23.6 Å². The number of carbonyl (C=O) groups is 1. The fraction of sp³-hybridized carbons (Fsp3) is 0.0667. The highest BCUT2D eigenvalue weighted by Crippen LogP contribution is 2.20. The van der Waals surface area contributed by atoms with Gasteiger partial charge in [0, 0.05) is 17.8 Å². The fourth-order valence-corrected chi connectivity index (χ4v) is 1.71. The maximum absolute atomic E-state index is 12.1. The van der Waals surface area contributed by atoms with E-state index in [1.165, 1.54) is 13.2 Å². The van der Waals surface area contributed by atoms with Crippen LogP contribution in [-0.4, -0.2) is 17.9 Å². The molecule has 1 aromatic carbocycles. The molecule has 1 N–H and O–H groups in total. The van der Waals surface area contributed by atoms with Crippen molar-refractivity contribution in [3.63, 3.8) is 0 Å². The zero-order valence-corrected chi connectivity index (χ0v) is 12.0. The van der Waals surface area contributed by atoms with Crippen LogP contribution in [0.1, 0.15) is 5.76 Å². The minimum Gasteiger partial charge on any atom is -0.497 e. The first-order chi connectivity index (χ1) is 11.0. The summed E-state index contributed by atoms with van der Waals surface area (Å²) < 4.78 is 9.92. The van der Waals surface area contributed by atoms with Crippen molar-refractivity contribution in [1.29, 1.82) is 5.26 Å². The van der Waals surface area contributed by atoms with Gasteiger partial charge in [-0.15, -0.1) is 0 Å².